The van der Waals surface area contributed by atoms with Crippen LogP contribution in [-0.2, 0) is 7.05 Å². The fourth-order valence-corrected chi connectivity index (χ4v) is 2.79. The van der Waals surface area contributed by atoms with E-state index in [2.05, 4.69) is 20.7 Å². The van der Waals surface area contributed by atoms with Crippen LogP contribution in [0.2, 0.25) is 5.15 Å². The minimum atomic E-state index is -0.465. The Morgan fingerprint density at radius 3 is 2.70 bits per heavy atom. The van der Waals surface area contributed by atoms with Crippen LogP contribution in [0.15, 0.2) is 36.5 Å². The van der Waals surface area contributed by atoms with Crippen LogP contribution in [0, 0.1) is 5.95 Å². The summed E-state index contributed by atoms with van der Waals surface area (Å²) in [6.45, 7) is 0. The maximum atomic E-state index is 13.7. The van der Waals surface area contributed by atoms with Gasteiger partial charge in [-0.05, 0) is 18.2 Å². The van der Waals surface area contributed by atoms with Gasteiger partial charge in [-0.1, -0.05) is 17.7 Å². The smallest absolute Gasteiger partial charge is 0.254 e. The number of carbonyl (C=O) groups is 1. The molecular weight excluding hydrogens is 373 g/mol. The average molecular weight is 390 g/mol. The molecule has 0 spiro atoms. The van der Waals surface area contributed by atoms with E-state index in [1.165, 1.54) is 33.5 Å². The van der Waals surface area contributed by atoms with Crippen molar-refractivity contribution in [1.29, 1.82) is 0 Å². The first kappa shape index (κ1) is 18.7. The van der Waals surface area contributed by atoms with Crippen molar-refractivity contribution in [2.75, 3.05) is 19.5 Å². The van der Waals surface area contributed by atoms with Gasteiger partial charge < -0.3 is 15.4 Å². The molecule has 3 rings (SSSR count). The molecular formula is C18H17ClFN5O2. The number of aromatic nitrogens is 3. The maximum Gasteiger partial charge on any atom is 0.254 e. The van der Waals surface area contributed by atoms with Crippen LogP contribution >= 0.6 is 11.6 Å². The van der Waals surface area contributed by atoms with Gasteiger partial charge in [0, 0.05) is 31.9 Å². The number of nitrogens with zero attached hydrogens (tertiary/aromatic N) is 3. The highest BCUT2D eigenvalue weighted by Crippen LogP contribution is 2.38. The summed E-state index contributed by atoms with van der Waals surface area (Å²) in [6, 6.07) is 8.17. The number of amides is 1. The number of hydrogen-bond donors (Lipinski definition) is 2. The van der Waals surface area contributed by atoms with Gasteiger partial charge in [-0.2, -0.15) is 9.49 Å². The van der Waals surface area contributed by atoms with E-state index in [1.54, 1.807) is 24.3 Å². The zero-order valence-electron chi connectivity index (χ0n) is 14.9. The molecule has 0 saturated heterocycles. The molecule has 3 aromatic rings. The summed E-state index contributed by atoms with van der Waals surface area (Å²) in [6.07, 6.45) is 1.38. The second-order valence-corrected chi connectivity index (χ2v) is 6.01. The van der Waals surface area contributed by atoms with E-state index in [9.17, 15) is 9.18 Å². The molecule has 1 amide bonds. The number of hydrogen-bond acceptors (Lipinski definition) is 5. The molecule has 0 aliphatic rings. The minimum absolute atomic E-state index is 0.229. The third-order valence-electron chi connectivity index (χ3n) is 3.93. The Labute approximate surface area is 160 Å². The van der Waals surface area contributed by atoms with E-state index in [0.717, 1.165) is 4.68 Å². The van der Waals surface area contributed by atoms with E-state index in [0.29, 0.717) is 33.9 Å². The minimum Gasteiger partial charge on any atom is -0.494 e. The van der Waals surface area contributed by atoms with Gasteiger partial charge in [0.15, 0.2) is 5.75 Å². The van der Waals surface area contributed by atoms with Crippen molar-refractivity contribution in [3.63, 3.8) is 0 Å². The Balaban J connectivity index is 2.08. The average Bonchev–Trinajstić information content (AvgIpc) is 2.99. The Hall–Kier alpha value is -3.13. The van der Waals surface area contributed by atoms with Crippen LogP contribution in [0.3, 0.4) is 0 Å². The highest BCUT2D eigenvalue weighted by molar-refractivity contribution is 6.29. The lowest BCUT2D eigenvalue weighted by Gasteiger charge is -2.16. The summed E-state index contributed by atoms with van der Waals surface area (Å²) in [5.74, 6) is -0.330. The van der Waals surface area contributed by atoms with E-state index in [-0.39, 0.29) is 11.1 Å². The first-order valence-corrected chi connectivity index (χ1v) is 8.34. The fourth-order valence-electron chi connectivity index (χ4n) is 2.63. The Morgan fingerprint density at radius 1 is 1.30 bits per heavy atom. The number of para-hydroxylation sites is 1. The van der Waals surface area contributed by atoms with Crippen LogP contribution in [-0.4, -0.2) is 34.8 Å². The van der Waals surface area contributed by atoms with Crippen molar-refractivity contribution in [2.45, 2.75) is 0 Å². The number of aryl methyl sites for hydroxylation is 1. The fraction of sp³-hybridized carbons (Fsp3) is 0.167. The molecule has 0 aliphatic carbocycles. The number of halogens is 2. The normalized spacial score (nSPS) is 10.6. The predicted octanol–water partition coefficient (Wildman–Crippen LogP) is 3.39. The molecule has 2 heterocycles. The molecule has 9 heteroatoms. The molecule has 2 aromatic heterocycles. The van der Waals surface area contributed by atoms with Crippen molar-refractivity contribution in [2.24, 2.45) is 7.05 Å². The van der Waals surface area contributed by atoms with Crippen LogP contribution in [0.25, 0.3) is 11.3 Å². The van der Waals surface area contributed by atoms with Crippen LogP contribution < -0.4 is 15.4 Å². The number of pyridine rings is 1. The second kappa shape index (κ2) is 7.63. The van der Waals surface area contributed by atoms with Gasteiger partial charge in [-0.3, -0.25) is 4.79 Å². The quantitative estimate of drug-likeness (QED) is 0.654. The van der Waals surface area contributed by atoms with Gasteiger partial charge >= 0.3 is 0 Å². The molecule has 1 aromatic carbocycles. The highest BCUT2D eigenvalue weighted by atomic mass is 35.5. The predicted molar refractivity (Wildman–Crippen MR) is 101 cm³/mol. The summed E-state index contributed by atoms with van der Waals surface area (Å²) < 4.78 is 20.4. The number of nitrogens with one attached hydrogen (secondary N) is 2. The SMILES string of the molecule is CNC(=O)c1cnc(Cl)cc1Nc1cccc(-c2cc(F)n(C)n2)c1OC. The second-order valence-electron chi connectivity index (χ2n) is 5.62. The molecule has 140 valence electrons. The molecule has 0 unspecified atom stereocenters. The Bertz CT molecular complexity index is 986. The molecule has 0 aliphatic heterocycles. The molecule has 0 radical (unpaired) electrons. The lowest BCUT2D eigenvalue weighted by molar-refractivity contribution is 0.0963. The number of benzene rings is 1. The summed E-state index contributed by atoms with van der Waals surface area (Å²) in [5.41, 5.74) is 2.36. The zero-order chi connectivity index (χ0) is 19.6. The van der Waals surface area contributed by atoms with E-state index in [4.69, 9.17) is 16.3 Å². The molecule has 27 heavy (non-hydrogen) atoms. The third-order valence-corrected chi connectivity index (χ3v) is 4.14. The summed E-state index contributed by atoms with van der Waals surface area (Å²) >= 11 is 5.98. The van der Waals surface area contributed by atoms with Crippen LogP contribution in [0.1, 0.15) is 10.4 Å². The van der Waals surface area contributed by atoms with Gasteiger partial charge in [0.05, 0.1) is 29.7 Å². The lowest BCUT2D eigenvalue weighted by atomic mass is 10.1. The molecule has 0 bridgehead atoms. The zero-order valence-corrected chi connectivity index (χ0v) is 15.6. The van der Waals surface area contributed by atoms with Gasteiger partial charge in [-0.15, -0.1) is 0 Å². The molecule has 0 fully saturated rings. The van der Waals surface area contributed by atoms with E-state index in [1.807, 2.05) is 0 Å². The molecule has 7 nitrogen and oxygen atoms in total. The van der Waals surface area contributed by atoms with Crippen LogP contribution in [0.5, 0.6) is 5.75 Å². The summed E-state index contributed by atoms with van der Waals surface area (Å²) in [5, 5.41) is 10.1. The van der Waals surface area contributed by atoms with Gasteiger partial charge in [0.2, 0.25) is 5.95 Å². The standard InChI is InChI=1S/C18H17ClFN5O2/c1-21-18(26)11-9-22-15(19)7-13(11)23-12-6-4-5-10(17(12)27-3)14-8-16(20)25(2)24-14/h4-9H,1-3H3,(H,21,26)(H,22,23). The third kappa shape index (κ3) is 3.70. The van der Waals surface area contributed by atoms with Gasteiger partial charge in [0.25, 0.3) is 5.91 Å². The van der Waals surface area contributed by atoms with E-state index < -0.39 is 5.95 Å². The topological polar surface area (TPSA) is 81.1 Å². The molecule has 0 saturated carbocycles. The van der Waals surface area contributed by atoms with Gasteiger partial charge in [0.1, 0.15) is 5.15 Å². The van der Waals surface area contributed by atoms with Crippen LogP contribution in [0.4, 0.5) is 15.8 Å². The first-order valence-electron chi connectivity index (χ1n) is 7.96. The van der Waals surface area contributed by atoms with Crippen molar-refractivity contribution >= 4 is 28.9 Å². The molecule has 0 atom stereocenters. The lowest BCUT2D eigenvalue weighted by Crippen LogP contribution is -2.19. The number of methoxy groups -OCH3 is 1. The van der Waals surface area contributed by atoms with E-state index >= 15 is 0 Å². The number of ether oxygens (including phenoxy) is 1. The highest BCUT2D eigenvalue weighted by Gasteiger charge is 2.18. The number of rotatable bonds is 5. The maximum absolute atomic E-state index is 13.7. The summed E-state index contributed by atoms with van der Waals surface area (Å²) in [4.78, 5) is 16.0. The van der Waals surface area contributed by atoms with Gasteiger partial charge in [-0.25, -0.2) is 9.67 Å². The summed E-state index contributed by atoms with van der Waals surface area (Å²) in [7, 11) is 4.54. The first-order chi connectivity index (χ1) is 12.9. The Kier molecular flexibility index (Phi) is 5.27. The Morgan fingerprint density at radius 2 is 2.07 bits per heavy atom. The molecule has 2 N–H and O–H groups in total. The number of anilines is 2. The number of carbonyl (C=O) groups excluding carboxylic acids is 1. The van der Waals surface area contributed by atoms with Crippen molar-refractivity contribution in [3.8, 4) is 17.0 Å². The largest absolute Gasteiger partial charge is 0.494 e. The van der Waals surface area contributed by atoms with Crippen molar-refractivity contribution < 1.29 is 13.9 Å². The van der Waals surface area contributed by atoms with Crippen molar-refractivity contribution in [3.05, 3.63) is 53.2 Å². The van der Waals surface area contributed by atoms with Crippen molar-refractivity contribution in [1.82, 2.24) is 20.1 Å². The monoisotopic (exact) mass is 389 g/mol.